The number of nitrogens with zero attached hydrogens (tertiary/aromatic N) is 1. The SMILES string of the molecule is CCCCCCCCCCC(=O)NN=C(C)Cc1ccccc1. The van der Waals surface area contributed by atoms with Crippen LogP contribution in [-0.2, 0) is 11.2 Å². The van der Waals surface area contributed by atoms with Crippen LogP contribution in [0.15, 0.2) is 35.4 Å². The second-order valence-electron chi connectivity index (χ2n) is 6.27. The summed E-state index contributed by atoms with van der Waals surface area (Å²) in [7, 11) is 0. The first-order chi connectivity index (χ1) is 11.2. The Balaban J connectivity index is 2.06. The fraction of sp³-hybridized carbons (Fsp3) is 0.600. The normalized spacial score (nSPS) is 11.5. The zero-order valence-electron chi connectivity index (χ0n) is 14.8. The van der Waals surface area contributed by atoms with Gasteiger partial charge in [0.05, 0.1) is 0 Å². The summed E-state index contributed by atoms with van der Waals surface area (Å²) < 4.78 is 0. The molecule has 0 heterocycles. The maximum absolute atomic E-state index is 11.8. The molecule has 23 heavy (non-hydrogen) atoms. The van der Waals surface area contributed by atoms with E-state index < -0.39 is 0 Å². The van der Waals surface area contributed by atoms with E-state index in [1.165, 1.54) is 44.1 Å². The van der Waals surface area contributed by atoms with Gasteiger partial charge < -0.3 is 0 Å². The van der Waals surface area contributed by atoms with E-state index in [9.17, 15) is 4.79 Å². The largest absolute Gasteiger partial charge is 0.273 e. The highest BCUT2D eigenvalue weighted by atomic mass is 16.2. The summed E-state index contributed by atoms with van der Waals surface area (Å²) in [6.07, 6.45) is 11.3. The number of carbonyl (C=O) groups is 1. The average molecular weight is 316 g/mol. The first kappa shape index (κ1) is 19.4. The van der Waals surface area contributed by atoms with Crippen molar-refractivity contribution in [3.8, 4) is 0 Å². The molecule has 1 amide bonds. The summed E-state index contributed by atoms with van der Waals surface area (Å²) in [5.41, 5.74) is 4.82. The molecule has 0 bridgehead atoms. The summed E-state index contributed by atoms with van der Waals surface area (Å²) in [6, 6.07) is 10.2. The molecular formula is C20H32N2O. The van der Waals surface area contributed by atoms with Gasteiger partial charge in [-0.2, -0.15) is 5.10 Å². The van der Waals surface area contributed by atoms with Gasteiger partial charge in [0.15, 0.2) is 0 Å². The van der Waals surface area contributed by atoms with E-state index in [1.54, 1.807) is 0 Å². The van der Waals surface area contributed by atoms with Crippen LogP contribution in [0.25, 0.3) is 0 Å². The van der Waals surface area contributed by atoms with Crippen LogP contribution in [0.4, 0.5) is 0 Å². The quantitative estimate of drug-likeness (QED) is 0.319. The smallest absolute Gasteiger partial charge is 0.240 e. The van der Waals surface area contributed by atoms with Crippen LogP contribution < -0.4 is 5.43 Å². The maximum Gasteiger partial charge on any atom is 0.240 e. The third-order valence-corrected chi connectivity index (χ3v) is 3.93. The molecule has 0 spiro atoms. The molecule has 0 saturated carbocycles. The molecule has 3 nitrogen and oxygen atoms in total. The highest BCUT2D eigenvalue weighted by molar-refractivity contribution is 5.86. The highest BCUT2D eigenvalue weighted by Crippen LogP contribution is 2.09. The zero-order chi connectivity index (χ0) is 16.8. The minimum Gasteiger partial charge on any atom is -0.273 e. The van der Waals surface area contributed by atoms with Gasteiger partial charge in [0.1, 0.15) is 0 Å². The summed E-state index contributed by atoms with van der Waals surface area (Å²) in [5.74, 6) is 0.0309. The van der Waals surface area contributed by atoms with Gasteiger partial charge in [0, 0.05) is 18.6 Å². The minimum absolute atomic E-state index is 0.0309. The van der Waals surface area contributed by atoms with Gasteiger partial charge in [-0.1, -0.05) is 82.2 Å². The molecule has 0 saturated heterocycles. The number of nitrogens with one attached hydrogen (secondary N) is 1. The van der Waals surface area contributed by atoms with Crippen molar-refractivity contribution in [2.45, 2.75) is 78.1 Å². The van der Waals surface area contributed by atoms with Crippen molar-refractivity contribution in [2.24, 2.45) is 5.10 Å². The fourth-order valence-electron chi connectivity index (χ4n) is 2.56. The Kier molecular flexibility index (Phi) is 10.9. The lowest BCUT2D eigenvalue weighted by atomic mass is 10.1. The van der Waals surface area contributed by atoms with Gasteiger partial charge in [0.25, 0.3) is 0 Å². The lowest BCUT2D eigenvalue weighted by Crippen LogP contribution is -2.19. The van der Waals surface area contributed by atoms with Crippen molar-refractivity contribution in [2.75, 3.05) is 0 Å². The van der Waals surface area contributed by atoms with Crippen LogP contribution in [0, 0.1) is 0 Å². The van der Waals surface area contributed by atoms with Crippen LogP contribution in [0.1, 0.15) is 77.2 Å². The van der Waals surface area contributed by atoms with Gasteiger partial charge in [-0.25, -0.2) is 5.43 Å². The third-order valence-electron chi connectivity index (χ3n) is 3.93. The molecule has 0 unspecified atom stereocenters. The van der Waals surface area contributed by atoms with Gasteiger partial charge in [-0.15, -0.1) is 0 Å². The molecule has 1 aromatic carbocycles. The Morgan fingerprint density at radius 3 is 2.22 bits per heavy atom. The number of amides is 1. The van der Waals surface area contributed by atoms with Crippen LogP contribution in [0.2, 0.25) is 0 Å². The Bertz CT molecular complexity index is 454. The molecule has 0 radical (unpaired) electrons. The Morgan fingerprint density at radius 1 is 0.957 bits per heavy atom. The predicted molar refractivity (Wildman–Crippen MR) is 98.6 cm³/mol. The molecule has 0 aliphatic heterocycles. The minimum atomic E-state index is 0.0309. The summed E-state index contributed by atoms with van der Waals surface area (Å²) in [5, 5.41) is 4.19. The van der Waals surface area contributed by atoms with Crippen LogP contribution in [0.5, 0.6) is 0 Å². The molecule has 0 atom stereocenters. The van der Waals surface area contributed by atoms with Crippen LogP contribution in [-0.4, -0.2) is 11.6 Å². The number of hydrazone groups is 1. The summed E-state index contributed by atoms with van der Waals surface area (Å²) in [6.45, 7) is 4.19. The number of rotatable bonds is 12. The Hall–Kier alpha value is -1.64. The monoisotopic (exact) mass is 316 g/mol. The van der Waals surface area contributed by atoms with E-state index in [0.29, 0.717) is 6.42 Å². The van der Waals surface area contributed by atoms with E-state index in [-0.39, 0.29) is 5.91 Å². The molecule has 0 aliphatic carbocycles. The molecule has 3 heteroatoms. The maximum atomic E-state index is 11.8. The molecule has 0 fully saturated rings. The average Bonchev–Trinajstić information content (AvgIpc) is 2.56. The second-order valence-corrected chi connectivity index (χ2v) is 6.27. The first-order valence-corrected chi connectivity index (χ1v) is 9.08. The first-order valence-electron chi connectivity index (χ1n) is 9.08. The van der Waals surface area contributed by atoms with E-state index in [1.807, 2.05) is 25.1 Å². The molecule has 1 rings (SSSR count). The second kappa shape index (κ2) is 12.9. The van der Waals surface area contributed by atoms with Gasteiger partial charge >= 0.3 is 0 Å². The Morgan fingerprint density at radius 2 is 1.57 bits per heavy atom. The molecule has 1 N–H and O–H groups in total. The number of carbonyl (C=O) groups excluding carboxylic acids is 1. The summed E-state index contributed by atoms with van der Waals surface area (Å²) in [4.78, 5) is 11.8. The van der Waals surface area contributed by atoms with Crippen molar-refractivity contribution in [1.29, 1.82) is 0 Å². The van der Waals surface area contributed by atoms with E-state index in [0.717, 1.165) is 25.0 Å². The van der Waals surface area contributed by atoms with Crippen molar-refractivity contribution >= 4 is 11.6 Å². The molecule has 1 aromatic rings. The molecular weight excluding hydrogens is 284 g/mol. The number of hydrogen-bond acceptors (Lipinski definition) is 2. The van der Waals surface area contributed by atoms with Crippen molar-refractivity contribution in [3.63, 3.8) is 0 Å². The van der Waals surface area contributed by atoms with Crippen LogP contribution >= 0.6 is 0 Å². The van der Waals surface area contributed by atoms with Gasteiger partial charge in [0.2, 0.25) is 5.91 Å². The van der Waals surface area contributed by atoms with Gasteiger partial charge in [-0.05, 0) is 18.9 Å². The Labute approximate surface area is 141 Å². The molecule has 128 valence electrons. The fourth-order valence-corrected chi connectivity index (χ4v) is 2.56. The van der Waals surface area contributed by atoms with E-state index in [4.69, 9.17) is 0 Å². The van der Waals surface area contributed by atoms with Crippen molar-refractivity contribution < 1.29 is 4.79 Å². The predicted octanol–water partition coefficient (Wildman–Crippen LogP) is 5.25. The highest BCUT2D eigenvalue weighted by Gasteiger charge is 2.01. The topological polar surface area (TPSA) is 41.5 Å². The standard InChI is InChI=1S/C20H32N2O/c1-3-4-5-6-7-8-9-13-16-20(23)22-21-18(2)17-19-14-11-10-12-15-19/h10-12,14-15H,3-9,13,16-17H2,1-2H3,(H,22,23). The lowest BCUT2D eigenvalue weighted by molar-refractivity contribution is -0.121. The van der Waals surface area contributed by atoms with E-state index >= 15 is 0 Å². The van der Waals surface area contributed by atoms with Gasteiger partial charge in [-0.3, -0.25) is 4.79 Å². The van der Waals surface area contributed by atoms with E-state index in [2.05, 4.69) is 29.6 Å². The summed E-state index contributed by atoms with van der Waals surface area (Å²) >= 11 is 0. The number of benzene rings is 1. The zero-order valence-corrected chi connectivity index (χ0v) is 14.8. The lowest BCUT2D eigenvalue weighted by Gasteiger charge is -2.04. The number of unbranched alkanes of at least 4 members (excludes halogenated alkanes) is 7. The van der Waals surface area contributed by atoms with Crippen molar-refractivity contribution in [3.05, 3.63) is 35.9 Å². The van der Waals surface area contributed by atoms with Crippen molar-refractivity contribution in [1.82, 2.24) is 5.43 Å². The molecule has 0 aliphatic rings. The third kappa shape index (κ3) is 10.7. The van der Waals surface area contributed by atoms with Crippen LogP contribution in [0.3, 0.4) is 0 Å². The number of hydrogen-bond donors (Lipinski definition) is 1. The molecule has 0 aromatic heterocycles.